The van der Waals surface area contributed by atoms with Gasteiger partial charge in [0.05, 0.1) is 0 Å². The van der Waals surface area contributed by atoms with E-state index in [0.717, 1.165) is 44.5 Å². The minimum absolute atomic E-state index is 0.00116. The van der Waals surface area contributed by atoms with E-state index in [1.807, 2.05) is 116 Å². The number of benzene rings is 2. The first-order valence-electron chi connectivity index (χ1n) is 16.0. The van der Waals surface area contributed by atoms with Crippen molar-refractivity contribution in [3.8, 4) is 22.3 Å². The molecule has 0 bridgehead atoms. The lowest BCUT2D eigenvalue weighted by molar-refractivity contribution is 0.0512. The third-order valence-corrected chi connectivity index (χ3v) is 6.96. The van der Waals surface area contributed by atoms with Gasteiger partial charge in [0.15, 0.2) is 0 Å². The molecule has 2 aromatic heterocycles. The van der Waals surface area contributed by atoms with Gasteiger partial charge in [-0.25, -0.2) is 9.59 Å². The zero-order valence-corrected chi connectivity index (χ0v) is 29.3. The van der Waals surface area contributed by atoms with Gasteiger partial charge in [-0.3, -0.25) is 9.97 Å². The van der Waals surface area contributed by atoms with Crippen LogP contribution in [0.15, 0.2) is 85.5 Å². The lowest BCUT2D eigenvalue weighted by Crippen LogP contribution is -2.32. The monoisotopic (exact) mass is 654 g/mol. The van der Waals surface area contributed by atoms with Crippen molar-refractivity contribution in [1.82, 2.24) is 20.6 Å². The van der Waals surface area contributed by atoms with E-state index in [0.29, 0.717) is 13.1 Å². The molecule has 2 aromatic carbocycles. The molecule has 2 atom stereocenters. The van der Waals surface area contributed by atoms with Crippen LogP contribution in [0, 0.1) is 0 Å². The van der Waals surface area contributed by atoms with Crippen molar-refractivity contribution < 1.29 is 19.1 Å². The van der Waals surface area contributed by atoms with Crippen molar-refractivity contribution in [2.75, 3.05) is 0 Å². The average Bonchev–Trinajstić information content (AvgIpc) is 3.02. The summed E-state index contributed by atoms with van der Waals surface area (Å²) in [4.78, 5) is 32.1. The highest BCUT2D eigenvalue weighted by molar-refractivity contribution is 5.71. The molecule has 4 aromatic rings. The van der Waals surface area contributed by atoms with Gasteiger partial charge in [-0.15, -0.1) is 0 Å². The molecule has 256 valence electrons. The zero-order chi connectivity index (χ0) is 35.5. The summed E-state index contributed by atoms with van der Waals surface area (Å²) in [6, 6.07) is 19.9. The van der Waals surface area contributed by atoms with Crippen molar-refractivity contribution >= 4 is 12.2 Å². The summed E-state index contributed by atoms with van der Waals surface area (Å²) in [6.45, 7) is 15.7. The lowest BCUT2D eigenvalue weighted by Gasteiger charge is -2.20. The van der Waals surface area contributed by atoms with E-state index in [4.69, 9.17) is 20.9 Å². The van der Waals surface area contributed by atoms with Crippen LogP contribution in [0.5, 0.6) is 0 Å². The Hall–Kier alpha value is -4.80. The van der Waals surface area contributed by atoms with Crippen LogP contribution >= 0.6 is 0 Å². The highest BCUT2D eigenvalue weighted by atomic mass is 16.6. The van der Waals surface area contributed by atoms with E-state index in [9.17, 15) is 9.59 Å². The number of amides is 2. The minimum Gasteiger partial charge on any atom is -0.444 e. The van der Waals surface area contributed by atoms with E-state index in [1.54, 1.807) is 24.8 Å². The summed E-state index contributed by atoms with van der Waals surface area (Å²) in [5.41, 5.74) is 18.9. The van der Waals surface area contributed by atoms with Crippen molar-refractivity contribution in [2.24, 2.45) is 11.5 Å². The summed E-state index contributed by atoms with van der Waals surface area (Å²) in [7, 11) is 0. The van der Waals surface area contributed by atoms with Crippen molar-refractivity contribution in [3.63, 3.8) is 0 Å². The van der Waals surface area contributed by atoms with Gasteiger partial charge in [0.2, 0.25) is 0 Å². The number of ether oxygens (including phenoxy) is 2. The van der Waals surface area contributed by atoms with E-state index < -0.39 is 23.4 Å². The highest BCUT2D eigenvalue weighted by Gasteiger charge is 2.17. The predicted octanol–water partition coefficient (Wildman–Crippen LogP) is 7.59. The average molecular weight is 655 g/mol. The van der Waals surface area contributed by atoms with Gasteiger partial charge >= 0.3 is 12.2 Å². The highest BCUT2D eigenvalue weighted by Crippen LogP contribution is 2.26. The molecule has 0 aliphatic carbocycles. The summed E-state index contributed by atoms with van der Waals surface area (Å²) in [5.74, 6) is 0. The van der Waals surface area contributed by atoms with E-state index in [1.165, 1.54) is 0 Å². The predicted molar refractivity (Wildman–Crippen MR) is 191 cm³/mol. The second-order valence-corrected chi connectivity index (χ2v) is 13.6. The fourth-order valence-corrected chi connectivity index (χ4v) is 4.57. The van der Waals surface area contributed by atoms with Crippen LogP contribution in [0.25, 0.3) is 22.3 Å². The molecule has 0 aliphatic heterocycles. The molecule has 0 spiro atoms. The number of nitrogens with zero attached hydrogens (tertiary/aromatic N) is 2. The second-order valence-electron chi connectivity index (χ2n) is 13.6. The Bertz CT molecular complexity index is 1500. The number of alkyl carbamates (subject to hydrolysis) is 2. The topological polar surface area (TPSA) is 154 Å². The maximum absolute atomic E-state index is 11.8. The van der Waals surface area contributed by atoms with Crippen LogP contribution in [0.2, 0.25) is 0 Å². The first-order chi connectivity index (χ1) is 22.5. The molecule has 0 fully saturated rings. The van der Waals surface area contributed by atoms with Crippen LogP contribution in [0.4, 0.5) is 9.59 Å². The molecular weight excluding hydrogens is 604 g/mol. The van der Waals surface area contributed by atoms with Crippen LogP contribution in [-0.2, 0) is 22.6 Å². The van der Waals surface area contributed by atoms with E-state index in [2.05, 4.69) is 20.6 Å². The number of rotatable bonds is 8. The third kappa shape index (κ3) is 12.4. The summed E-state index contributed by atoms with van der Waals surface area (Å²) in [5, 5.41) is 5.57. The molecule has 10 nitrogen and oxygen atoms in total. The Morgan fingerprint density at radius 3 is 1.25 bits per heavy atom. The first kappa shape index (κ1) is 37.7. The van der Waals surface area contributed by atoms with Crippen LogP contribution < -0.4 is 22.1 Å². The van der Waals surface area contributed by atoms with Gasteiger partial charge in [-0.1, -0.05) is 48.5 Å². The number of hydrogen-bond donors (Lipinski definition) is 4. The molecule has 0 radical (unpaired) electrons. The van der Waals surface area contributed by atoms with Gasteiger partial charge in [-0.05, 0) is 101 Å². The van der Waals surface area contributed by atoms with Gasteiger partial charge in [-0.2, -0.15) is 0 Å². The van der Waals surface area contributed by atoms with E-state index >= 15 is 0 Å². The normalized spacial score (nSPS) is 12.5. The Labute approximate surface area is 284 Å². The third-order valence-electron chi connectivity index (χ3n) is 6.96. The van der Waals surface area contributed by atoms with Crippen molar-refractivity contribution in [2.45, 2.75) is 91.8 Å². The molecule has 2 amide bonds. The fourth-order valence-electron chi connectivity index (χ4n) is 4.57. The van der Waals surface area contributed by atoms with Gasteiger partial charge < -0.3 is 31.6 Å². The summed E-state index contributed by atoms with van der Waals surface area (Å²) >= 11 is 0. The fraction of sp³-hybridized carbons (Fsp3) is 0.368. The number of nitrogens with two attached hydrogens (primary N) is 2. The first-order valence-corrected chi connectivity index (χ1v) is 16.0. The molecule has 0 saturated heterocycles. The Morgan fingerprint density at radius 2 is 0.958 bits per heavy atom. The number of hydrogen-bond acceptors (Lipinski definition) is 8. The summed E-state index contributed by atoms with van der Waals surface area (Å²) < 4.78 is 10.5. The number of carbonyl (C=O) groups is 2. The largest absolute Gasteiger partial charge is 0.444 e. The number of aromatic nitrogens is 2. The molecule has 0 unspecified atom stereocenters. The quantitative estimate of drug-likeness (QED) is 0.152. The molecular formula is C38H50N6O4. The molecule has 6 N–H and O–H groups in total. The Balaban J connectivity index is 0.000000260. The van der Waals surface area contributed by atoms with Crippen molar-refractivity contribution in [1.29, 1.82) is 0 Å². The number of pyridine rings is 2. The van der Waals surface area contributed by atoms with Crippen LogP contribution in [-0.4, -0.2) is 33.4 Å². The standard InChI is InChI=1S/2C19H25N3O2/c2*1-13(20)14-5-7-15(8-6-14)17-12-21-10-9-16(17)11-22-18(23)24-19(2,3)4/h2*5-10,12-13H,11,20H2,1-4H3,(H,22,23)/t2*13-/m11/s1. The number of carbonyl (C=O) groups excluding carboxylic acids is 2. The molecule has 10 heteroatoms. The van der Waals surface area contributed by atoms with Crippen LogP contribution in [0.1, 0.15) is 89.7 Å². The smallest absolute Gasteiger partial charge is 0.407 e. The SMILES string of the molecule is C[C@@H](N)c1ccc(-c2cnccc2CNC(=O)OC(C)(C)C)cc1.C[C@@H](N)c1ccc(-c2cnccc2CNC(=O)OC(C)(C)C)cc1. The molecule has 2 heterocycles. The Morgan fingerprint density at radius 1 is 0.625 bits per heavy atom. The number of nitrogens with one attached hydrogen (secondary N) is 2. The second kappa shape index (κ2) is 16.9. The Kier molecular flexibility index (Phi) is 13.2. The van der Waals surface area contributed by atoms with Crippen molar-refractivity contribution in [3.05, 3.63) is 108 Å². The lowest BCUT2D eigenvalue weighted by atomic mass is 9.99. The van der Waals surface area contributed by atoms with Gasteiger partial charge in [0, 0.05) is 61.1 Å². The van der Waals surface area contributed by atoms with Gasteiger partial charge in [0.1, 0.15) is 11.2 Å². The molecule has 0 saturated carbocycles. The zero-order valence-electron chi connectivity index (χ0n) is 29.3. The van der Waals surface area contributed by atoms with Crippen LogP contribution in [0.3, 0.4) is 0 Å². The maximum Gasteiger partial charge on any atom is 0.407 e. The van der Waals surface area contributed by atoms with E-state index in [-0.39, 0.29) is 12.1 Å². The summed E-state index contributed by atoms with van der Waals surface area (Å²) in [6.07, 6.45) is 6.16. The minimum atomic E-state index is -0.514. The van der Waals surface area contributed by atoms with Gasteiger partial charge in [0.25, 0.3) is 0 Å². The molecule has 48 heavy (non-hydrogen) atoms. The molecule has 4 rings (SSSR count). The molecule has 0 aliphatic rings. The maximum atomic E-state index is 11.8.